The number of alkyl halides is 1. The summed E-state index contributed by atoms with van der Waals surface area (Å²) in [7, 11) is 0. The van der Waals surface area contributed by atoms with E-state index in [1.165, 1.54) is 38.5 Å². The summed E-state index contributed by atoms with van der Waals surface area (Å²) in [4.78, 5) is 2.70. The van der Waals surface area contributed by atoms with Crippen molar-refractivity contribution in [3.8, 4) is 0 Å². The first-order valence-corrected chi connectivity index (χ1v) is 7.55. The first kappa shape index (κ1) is 12.3. The third-order valence-corrected chi connectivity index (χ3v) is 5.15. The van der Waals surface area contributed by atoms with Crippen molar-refractivity contribution in [3.05, 3.63) is 0 Å². The van der Waals surface area contributed by atoms with Gasteiger partial charge in [-0.15, -0.1) is 11.6 Å². The van der Waals surface area contributed by atoms with Crippen molar-refractivity contribution in [2.24, 2.45) is 0 Å². The van der Waals surface area contributed by atoms with Crippen LogP contribution in [-0.4, -0.2) is 40.6 Å². The average Bonchev–Trinajstić information content (AvgIpc) is 2.68. The van der Waals surface area contributed by atoms with Crippen molar-refractivity contribution in [2.75, 3.05) is 6.54 Å². The van der Waals surface area contributed by atoms with E-state index in [0.717, 1.165) is 18.6 Å². The van der Waals surface area contributed by atoms with Crippen molar-refractivity contribution < 1.29 is 4.74 Å². The summed E-state index contributed by atoms with van der Waals surface area (Å²) in [5, 5.41) is 0.421. The molecule has 0 saturated carbocycles. The summed E-state index contributed by atoms with van der Waals surface area (Å²) in [6, 6.07) is 1.48. The molecule has 0 spiro atoms. The second-order valence-electron chi connectivity index (χ2n) is 6.69. The van der Waals surface area contributed by atoms with E-state index in [2.05, 4.69) is 18.7 Å². The fraction of sp³-hybridized carbons (Fsp3) is 1.00. The fourth-order valence-corrected chi connectivity index (χ4v) is 4.36. The number of hydrogen-bond acceptors (Lipinski definition) is 2. The van der Waals surface area contributed by atoms with Gasteiger partial charge in [-0.1, -0.05) is 0 Å². The lowest BCUT2D eigenvalue weighted by molar-refractivity contribution is -0.0385. The minimum Gasteiger partial charge on any atom is -0.371 e. The van der Waals surface area contributed by atoms with Crippen LogP contribution >= 0.6 is 11.6 Å². The second-order valence-corrected chi connectivity index (χ2v) is 7.31. The van der Waals surface area contributed by atoms with Crippen molar-refractivity contribution in [2.45, 2.75) is 81.5 Å². The number of rotatable bonds is 2. The molecular formula is C14H24ClNO. The van der Waals surface area contributed by atoms with Gasteiger partial charge in [0.1, 0.15) is 0 Å². The van der Waals surface area contributed by atoms with E-state index in [0.29, 0.717) is 11.5 Å². The highest BCUT2D eigenvalue weighted by Gasteiger charge is 2.42. The van der Waals surface area contributed by atoms with Crippen LogP contribution in [0.2, 0.25) is 0 Å². The second kappa shape index (κ2) is 4.40. The number of hydrogen-bond donors (Lipinski definition) is 0. The van der Waals surface area contributed by atoms with E-state index in [1.807, 2.05) is 0 Å². The lowest BCUT2D eigenvalue weighted by atomic mass is 10.0. The van der Waals surface area contributed by atoms with Crippen LogP contribution in [0.1, 0.15) is 52.4 Å². The van der Waals surface area contributed by atoms with Gasteiger partial charge in [0.2, 0.25) is 0 Å². The Morgan fingerprint density at radius 1 is 1.18 bits per heavy atom. The molecule has 3 atom stereocenters. The van der Waals surface area contributed by atoms with Crippen LogP contribution in [0.4, 0.5) is 0 Å². The highest BCUT2D eigenvalue weighted by molar-refractivity contribution is 6.20. The van der Waals surface area contributed by atoms with Crippen LogP contribution in [0.5, 0.6) is 0 Å². The molecule has 3 aliphatic heterocycles. The molecule has 17 heavy (non-hydrogen) atoms. The van der Waals surface area contributed by atoms with Crippen LogP contribution in [0.3, 0.4) is 0 Å². The lowest BCUT2D eigenvalue weighted by Crippen LogP contribution is -2.47. The van der Waals surface area contributed by atoms with Crippen LogP contribution < -0.4 is 0 Å². The normalized spacial score (nSPS) is 45.4. The van der Waals surface area contributed by atoms with Gasteiger partial charge in [0.25, 0.3) is 0 Å². The van der Waals surface area contributed by atoms with Gasteiger partial charge in [-0.2, -0.15) is 0 Å². The predicted octanol–water partition coefficient (Wildman–Crippen LogP) is 3.18. The molecule has 0 amide bonds. The Kier molecular flexibility index (Phi) is 3.17. The molecule has 0 radical (unpaired) electrons. The zero-order valence-electron chi connectivity index (χ0n) is 11.0. The molecule has 0 aromatic carbocycles. The maximum atomic E-state index is 6.32. The largest absolute Gasteiger partial charge is 0.371 e. The van der Waals surface area contributed by atoms with Gasteiger partial charge < -0.3 is 4.74 Å². The monoisotopic (exact) mass is 257 g/mol. The molecule has 3 heterocycles. The van der Waals surface area contributed by atoms with E-state index in [9.17, 15) is 0 Å². The Hall–Kier alpha value is 0.210. The minimum atomic E-state index is 0.106. The topological polar surface area (TPSA) is 12.5 Å². The van der Waals surface area contributed by atoms with E-state index in [4.69, 9.17) is 16.3 Å². The average molecular weight is 258 g/mol. The van der Waals surface area contributed by atoms with E-state index in [1.54, 1.807) is 0 Å². The molecule has 0 N–H and O–H groups in total. The maximum absolute atomic E-state index is 6.32. The van der Waals surface area contributed by atoms with Gasteiger partial charge >= 0.3 is 0 Å². The van der Waals surface area contributed by atoms with Crippen molar-refractivity contribution in [1.82, 2.24) is 4.90 Å². The lowest BCUT2D eigenvalue weighted by Gasteiger charge is -2.38. The smallest absolute Gasteiger partial charge is 0.0710 e. The molecule has 3 unspecified atom stereocenters. The number of ether oxygens (including phenoxy) is 1. The van der Waals surface area contributed by atoms with E-state index >= 15 is 0 Å². The molecule has 0 aromatic rings. The molecule has 3 saturated heterocycles. The number of nitrogens with zero attached hydrogens (tertiary/aromatic N) is 1. The summed E-state index contributed by atoms with van der Waals surface area (Å²) >= 11 is 6.32. The van der Waals surface area contributed by atoms with Crippen molar-refractivity contribution >= 4 is 11.6 Å². The molecule has 3 aliphatic rings. The third kappa shape index (κ3) is 2.50. The van der Waals surface area contributed by atoms with Gasteiger partial charge in [-0.25, -0.2) is 0 Å². The first-order chi connectivity index (χ1) is 8.03. The van der Waals surface area contributed by atoms with E-state index < -0.39 is 0 Å². The summed E-state index contributed by atoms with van der Waals surface area (Å²) in [5.74, 6) is 0. The summed E-state index contributed by atoms with van der Waals surface area (Å²) in [6.07, 6.45) is 7.97. The maximum Gasteiger partial charge on any atom is 0.0710 e. The highest BCUT2D eigenvalue weighted by Crippen LogP contribution is 2.39. The van der Waals surface area contributed by atoms with Gasteiger partial charge in [-0.3, -0.25) is 4.90 Å². The van der Waals surface area contributed by atoms with Crippen molar-refractivity contribution in [1.29, 1.82) is 0 Å². The van der Waals surface area contributed by atoms with Crippen LogP contribution in [0.15, 0.2) is 0 Å². The number of piperidine rings is 1. The molecule has 3 fully saturated rings. The van der Waals surface area contributed by atoms with E-state index in [-0.39, 0.29) is 5.60 Å². The van der Waals surface area contributed by atoms with Gasteiger partial charge in [-0.05, 0) is 52.4 Å². The molecule has 98 valence electrons. The molecule has 0 aliphatic carbocycles. The Morgan fingerprint density at radius 2 is 1.82 bits per heavy atom. The Balaban J connectivity index is 1.60. The van der Waals surface area contributed by atoms with Crippen LogP contribution in [0.25, 0.3) is 0 Å². The third-order valence-electron chi connectivity index (χ3n) is 4.80. The quantitative estimate of drug-likeness (QED) is 0.705. The molecule has 3 heteroatoms. The highest BCUT2D eigenvalue weighted by atomic mass is 35.5. The molecular weight excluding hydrogens is 234 g/mol. The molecule has 0 aromatic heterocycles. The fourth-order valence-electron chi connectivity index (χ4n) is 3.95. The predicted molar refractivity (Wildman–Crippen MR) is 70.6 cm³/mol. The standard InChI is InChI=1S/C14H24ClNO/c1-14(2)6-5-13(17-14)9-16-11-3-4-12(16)8-10(15)7-11/h10-13H,3-9H2,1-2H3. The van der Waals surface area contributed by atoms with Crippen LogP contribution in [0, 0.1) is 0 Å². The Morgan fingerprint density at radius 3 is 2.35 bits per heavy atom. The van der Waals surface area contributed by atoms with Crippen LogP contribution in [-0.2, 0) is 4.74 Å². The van der Waals surface area contributed by atoms with Crippen molar-refractivity contribution in [3.63, 3.8) is 0 Å². The Labute approximate surface area is 110 Å². The first-order valence-electron chi connectivity index (χ1n) is 7.11. The minimum absolute atomic E-state index is 0.106. The number of halogens is 1. The van der Waals surface area contributed by atoms with Gasteiger partial charge in [0, 0.05) is 24.0 Å². The van der Waals surface area contributed by atoms with Gasteiger partial charge in [0.05, 0.1) is 11.7 Å². The zero-order chi connectivity index (χ0) is 12.0. The zero-order valence-corrected chi connectivity index (χ0v) is 11.7. The SMILES string of the molecule is CC1(C)CCC(CN2C3CCC2CC(Cl)C3)O1. The Bertz CT molecular complexity index is 280. The molecule has 2 nitrogen and oxygen atoms in total. The van der Waals surface area contributed by atoms with Gasteiger partial charge in [0.15, 0.2) is 0 Å². The molecule has 2 bridgehead atoms. The number of fused-ring (bicyclic) bond motifs is 2. The molecule has 3 rings (SSSR count). The summed E-state index contributed by atoms with van der Waals surface area (Å²) < 4.78 is 6.13. The summed E-state index contributed by atoms with van der Waals surface area (Å²) in [6.45, 7) is 5.57. The summed E-state index contributed by atoms with van der Waals surface area (Å²) in [5.41, 5.74) is 0.106.